The molecule has 0 unspecified atom stereocenters. The molecule has 106 valence electrons. The topological polar surface area (TPSA) is 94.0 Å². The summed E-state index contributed by atoms with van der Waals surface area (Å²) in [5.41, 5.74) is 1.31. The van der Waals surface area contributed by atoms with E-state index in [1.54, 1.807) is 24.3 Å². The number of carbonyl (C=O) groups is 2. The first-order valence-electron chi connectivity index (χ1n) is 6.43. The second-order valence-corrected chi connectivity index (χ2v) is 4.17. The molecule has 0 aliphatic carbocycles. The molecule has 0 atom stereocenters. The predicted octanol–water partition coefficient (Wildman–Crippen LogP) is 0.613. The van der Waals surface area contributed by atoms with Crippen LogP contribution in [0.25, 0.3) is 0 Å². The van der Waals surface area contributed by atoms with Gasteiger partial charge in [-0.25, -0.2) is 0 Å². The van der Waals surface area contributed by atoms with Crippen LogP contribution in [0.5, 0.6) is 0 Å². The minimum atomic E-state index is -0.263. The molecule has 0 fully saturated rings. The van der Waals surface area contributed by atoms with E-state index in [1.165, 1.54) is 0 Å². The van der Waals surface area contributed by atoms with Gasteiger partial charge in [0.1, 0.15) is 0 Å². The van der Waals surface area contributed by atoms with Gasteiger partial charge < -0.3 is 16.0 Å². The summed E-state index contributed by atoms with van der Waals surface area (Å²) < 4.78 is 0. The summed E-state index contributed by atoms with van der Waals surface area (Å²) in [6.45, 7) is 2.62. The van der Waals surface area contributed by atoms with Gasteiger partial charge >= 0.3 is 0 Å². The van der Waals surface area contributed by atoms with E-state index in [0.717, 1.165) is 12.1 Å². The van der Waals surface area contributed by atoms with Crippen LogP contribution in [0.1, 0.15) is 18.9 Å². The number of nitrogens with one attached hydrogen (secondary N) is 3. The predicted molar refractivity (Wildman–Crippen MR) is 76.0 cm³/mol. The summed E-state index contributed by atoms with van der Waals surface area (Å²) in [6, 6.07) is 8.79. The van der Waals surface area contributed by atoms with Gasteiger partial charge in [-0.2, -0.15) is 5.26 Å². The van der Waals surface area contributed by atoms with Gasteiger partial charge in [-0.1, -0.05) is 6.92 Å². The highest BCUT2D eigenvalue weighted by molar-refractivity contribution is 5.86. The molecule has 6 nitrogen and oxygen atoms in total. The molecule has 6 heteroatoms. The molecule has 0 bridgehead atoms. The van der Waals surface area contributed by atoms with E-state index in [1.807, 2.05) is 13.0 Å². The van der Waals surface area contributed by atoms with Crippen molar-refractivity contribution in [2.45, 2.75) is 13.3 Å². The molecule has 0 aliphatic heterocycles. The van der Waals surface area contributed by atoms with Crippen LogP contribution in [0.2, 0.25) is 0 Å². The summed E-state index contributed by atoms with van der Waals surface area (Å²) in [5, 5.41) is 16.8. The molecule has 3 N–H and O–H groups in total. The fraction of sp³-hybridized carbons (Fsp3) is 0.357. The number of carbonyl (C=O) groups excluding carboxylic acids is 2. The van der Waals surface area contributed by atoms with Crippen molar-refractivity contribution in [2.75, 3.05) is 25.0 Å². The van der Waals surface area contributed by atoms with E-state index in [0.29, 0.717) is 12.1 Å². The smallest absolute Gasteiger partial charge is 0.239 e. The van der Waals surface area contributed by atoms with Gasteiger partial charge in [-0.05, 0) is 30.7 Å². The van der Waals surface area contributed by atoms with E-state index in [2.05, 4.69) is 16.0 Å². The maximum Gasteiger partial charge on any atom is 0.239 e. The number of nitriles is 1. The van der Waals surface area contributed by atoms with Gasteiger partial charge in [0.05, 0.1) is 24.7 Å². The van der Waals surface area contributed by atoms with Crippen LogP contribution in [-0.2, 0) is 9.59 Å². The second-order valence-electron chi connectivity index (χ2n) is 4.17. The van der Waals surface area contributed by atoms with Gasteiger partial charge in [-0.15, -0.1) is 0 Å². The van der Waals surface area contributed by atoms with Gasteiger partial charge in [0, 0.05) is 12.2 Å². The van der Waals surface area contributed by atoms with E-state index < -0.39 is 0 Å². The molecule has 20 heavy (non-hydrogen) atoms. The lowest BCUT2D eigenvalue weighted by Crippen LogP contribution is -2.39. The highest BCUT2D eigenvalue weighted by Crippen LogP contribution is 2.07. The fourth-order valence-electron chi connectivity index (χ4n) is 1.41. The zero-order valence-electron chi connectivity index (χ0n) is 11.4. The average Bonchev–Trinajstić information content (AvgIpc) is 2.49. The maximum absolute atomic E-state index is 11.5. The highest BCUT2D eigenvalue weighted by Gasteiger charge is 2.04. The summed E-state index contributed by atoms with van der Waals surface area (Å²) in [4.78, 5) is 22.8. The van der Waals surface area contributed by atoms with Crippen molar-refractivity contribution in [3.63, 3.8) is 0 Å². The van der Waals surface area contributed by atoms with Crippen molar-refractivity contribution in [3.8, 4) is 6.07 Å². The number of benzene rings is 1. The molecule has 0 aliphatic rings. The standard InChI is InChI=1S/C14H18N4O2/c1-2-7-16-13(19)10-18-14(20)9-17-12-5-3-11(8-15)4-6-12/h3-6,17H,2,7,9-10H2,1H3,(H,16,19)(H,18,20). The lowest BCUT2D eigenvalue weighted by molar-refractivity contribution is -0.125. The summed E-state index contributed by atoms with van der Waals surface area (Å²) in [5.74, 6) is -0.459. The van der Waals surface area contributed by atoms with Crippen LogP contribution >= 0.6 is 0 Å². The van der Waals surface area contributed by atoms with Crippen molar-refractivity contribution in [3.05, 3.63) is 29.8 Å². The van der Waals surface area contributed by atoms with E-state index >= 15 is 0 Å². The third kappa shape index (κ3) is 5.87. The molecule has 0 aromatic heterocycles. The third-order valence-electron chi connectivity index (χ3n) is 2.49. The molecule has 0 spiro atoms. The normalized spacial score (nSPS) is 9.40. The Labute approximate surface area is 118 Å². The Morgan fingerprint density at radius 2 is 1.75 bits per heavy atom. The molecule has 1 aromatic rings. The zero-order chi connectivity index (χ0) is 14.8. The first-order chi connectivity index (χ1) is 9.65. The number of rotatable bonds is 7. The van der Waals surface area contributed by atoms with Crippen LogP contribution < -0.4 is 16.0 Å². The van der Waals surface area contributed by atoms with E-state index in [9.17, 15) is 9.59 Å². The Balaban J connectivity index is 2.25. The van der Waals surface area contributed by atoms with Gasteiger partial charge in [-0.3, -0.25) is 9.59 Å². The van der Waals surface area contributed by atoms with Crippen LogP contribution in [0, 0.1) is 11.3 Å². The highest BCUT2D eigenvalue weighted by atomic mass is 16.2. The Morgan fingerprint density at radius 1 is 1.10 bits per heavy atom. The molecule has 2 amide bonds. The Hall–Kier alpha value is -2.55. The largest absolute Gasteiger partial charge is 0.376 e. The molecule has 0 heterocycles. The van der Waals surface area contributed by atoms with Crippen molar-refractivity contribution in [2.24, 2.45) is 0 Å². The Kier molecular flexibility index (Phi) is 6.62. The molecule has 1 rings (SSSR count). The Morgan fingerprint density at radius 3 is 2.35 bits per heavy atom. The molecule has 0 saturated carbocycles. The first-order valence-corrected chi connectivity index (χ1v) is 6.43. The van der Waals surface area contributed by atoms with Crippen LogP contribution in [-0.4, -0.2) is 31.4 Å². The summed E-state index contributed by atoms with van der Waals surface area (Å²) in [7, 11) is 0. The van der Waals surface area contributed by atoms with Gasteiger partial charge in [0.25, 0.3) is 0 Å². The lowest BCUT2D eigenvalue weighted by atomic mass is 10.2. The van der Waals surface area contributed by atoms with Crippen molar-refractivity contribution in [1.82, 2.24) is 10.6 Å². The first kappa shape index (κ1) is 15.5. The maximum atomic E-state index is 11.5. The van der Waals surface area contributed by atoms with E-state index in [-0.39, 0.29) is 24.9 Å². The molecule has 1 aromatic carbocycles. The molecular weight excluding hydrogens is 256 g/mol. The zero-order valence-corrected chi connectivity index (χ0v) is 11.4. The fourth-order valence-corrected chi connectivity index (χ4v) is 1.41. The van der Waals surface area contributed by atoms with Crippen LogP contribution in [0.3, 0.4) is 0 Å². The molecule has 0 saturated heterocycles. The number of nitrogens with zero attached hydrogens (tertiary/aromatic N) is 1. The second kappa shape index (κ2) is 8.53. The van der Waals surface area contributed by atoms with Crippen LogP contribution in [0.4, 0.5) is 5.69 Å². The van der Waals surface area contributed by atoms with Crippen LogP contribution in [0.15, 0.2) is 24.3 Å². The minimum Gasteiger partial charge on any atom is -0.376 e. The van der Waals surface area contributed by atoms with Crippen molar-refractivity contribution >= 4 is 17.5 Å². The SMILES string of the molecule is CCCNC(=O)CNC(=O)CNc1ccc(C#N)cc1. The third-order valence-corrected chi connectivity index (χ3v) is 2.49. The summed E-state index contributed by atoms with van der Waals surface area (Å²) >= 11 is 0. The van der Waals surface area contributed by atoms with Gasteiger partial charge in [0.15, 0.2) is 0 Å². The van der Waals surface area contributed by atoms with E-state index in [4.69, 9.17) is 5.26 Å². The number of anilines is 1. The Bertz CT molecular complexity index is 491. The van der Waals surface area contributed by atoms with Gasteiger partial charge in [0.2, 0.25) is 11.8 Å². The van der Waals surface area contributed by atoms with Crippen molar-refractivity contribution < 1.29 is 9.59 Å². The summed E-state index contributed by atoms with van der Waals surface area (Å²) in [6.07, 6.45) is 0.861. The number of amides is 2. The minimum absolute atomic E-state index is 0.0200. The van der Waals surface area contributed by atoms with Crippen molar-refractivity contribution in [1.29, 1.82) is 5.26 Å². The number of hydrogen-bond acceptors (Lipinski definition) is 4. The lowest BCUT2D eigenvalue weighted by Gasteiger charge is -2.08. The average molecular weight is 274 g/mol. The molecular formula is C14H18N4O2. The number of hydrogen-bond donors (Lipinski definition) is 3. The quantitative estimate of drug-likeness (QED) is 0.679. The molecule has 0 radical (unpaired) electrons. The monoisotopic (exact) mass is 274 g/mol.